The van der Waals surface area contributed by atoms with Gasteiger partial charge in [0, 0.05) is 33.1 Å². The summed E-state index contributed by atoms with van der Waals surface area (Å²) in [6, 6.07) is 1.02. The van der Waals surface area contributed by atoms with Gasteiger partial charge in [0.05, 0.1) is 11.8 Å². The van der Waals surface area contributed by atoms with Crippen molar-refractivity contribution in [1.29, 1.82) is 0 Å². The predicted octanol–water partition coefficient (Wildman–Crippen LogP) is 0.613. The molecule has 1 fully saturated rings. The van der Waals surface area contributed by atoms with Crippen molar-refractivity contribution < 1.29 is 14.0 Å². The maximum absolute atomic E-state index is 13.2. The molecule has 20 heavy (non-hydrogen) atoms. The van der Waals surface area contributed by atoms with Crippen LogP contribution in [0.2, 0.25) is 0 Å². The molecule has 0 radical (unpaired) electrons. The van der Waals surface area contributed by atoms with E-state index >= 15 is 0 Å². The van der Waals surface area contributed by atoms with Gasteiger partial charge in [-0.05, 0) is 12.5 Å². The molecule has 1 aromatic rings. The lowest BCUT2D eigenvalue weighted by molar-refractivity contribution is -0.132. The summed E-state index contributed by atoms with van der Waals surface area (Å²) in [6.45, 7) is 0.461. The Morgan fingerprint density at radius 1 is 1.55 bits per heavy atom. The molecule has 2 heterocycles. The highest BCUT2D eigenvalue weighted by atomic mass is 19.1. The maximum Gasteiger partial charge on any atom is 0.255 e. The summed E-state index contributed by atoms with van der Waals surface area (Å²) in [4.78, 5) is 29.0. The minimum Gasteiger partial charge on any atom is -0.372 e. The Morgan fingerprint density at radius 2 is 2.30 bits per heavy atom. The molecule has 108 valence electrons. The number of nitrogens with zero attached hydrogens (tertiary/aromatic N) is 2. The zero-order valence-corrected chi connectivity index (χ0v) is 11.4. The highest BCUT2D eigenvalue weighted by Gasteiger charge is 2.25. The van der Waals surface area contributed by atoms with Crippen LogP contribution in [0, 0.1) is 5.82 Å². The van der Waals surface area contributed by atoms with Gasteiger partial charge in [0.2, 0.25) is 5.91 Å². The molecular weight excluding hydrogens is 263 g/mol. The monoisotopic (exact) mass is 280 g/mol. The molecule has 2 N–H and O–H groups in total. The molecule has 1 atom stereocenters. The number of piperidine rings is 1. The summed E-state index contributed by atoms with van der Waals surface area (Å²) in [5.74, 6) is -0.567. The fourth-order valence-electron chi connectivity index (χ4n) is 2.20. The van der Waals surface area contributed by atoms with Crippen molar-refractivity contribution in [1.82, 2.24) is 15.2 Å². The van der Waals surface area contributed by atoms with Crippen molar-refractivity contribution in [2.24, 2.45) is 0 Å². The minimum atomic E-state index is -0.565. The zero-order valence-electron chi connectivity index (χ0n) is 11.4. The fraction of sp³-hybridized carbons (Fsp3) is 0.462. The number of anilines is 1. The minimum absolute atomic E-state index is 0.0684. The molecule has 0 bridgehead atoms. The van der Waals surface area contributed by atoms with Crippen LogP contribution in [0.25, 0.3) is 0 Å². The van der Waals surface area contributed by atoms with Crippen LogP contribution in [-0.2, 0) is 4.79 Å². The number of carbonyl (C=O) groups excluding carboxylic acids is 2. The van der Waals surface area contributed by atoms with Crippen molar-refractivity contribution in [2.75, 3.05) is 26.0 Å². The number of nitrogens with one attached hydrogen (secondary N) is 2. The van der Waals surface area contributed by atoms with Gasteiger partial charge < -0.3 is 15.5 Å². The van der Waals surface area contributed by atoms with Crippen LogP contribution < -0.4 is 10.6 Å². The van der Waals surface area contributed by atoms with Gasteiger partial charge in [0.1, 0.15) is 11.6 Å². The molecule has 1 saturated heterocycles. The van der Waals surface area contributed by atoms with E-state index in [1.54, 1.807) is 19.0 Å². The van der Waals surface area contributed by atoms with E-state index in [4.69, 9.17) is 0 Å². The van der Waals surface area contributed by atoms with Gasteiger partial charge in [-0.2, -0.15) is 0 Å². The third-order valence-electron chi connectivity index (χ3n) is 3.30. The van der Waals surface area contributed by atoms with Gasteiger partial charge in [0.25, 0.3) is 5.91 Å². The summed E-state index contributed by atoms with van der Waals surface area (Å²) in [6.07, 6.45) is 2.05. The molecule has 1 aromatic heterocycles. The molecule has 1 aliphatic rings. The highest BCUT2D eigenvalue weighted by Crippen LogP contribution is 2.15. The van der Waals surface area contributed by atoms with E-state index in [0.29, 0.717) is 25.2 Å². The van der Waals surface area contributed by atoms with Gasteiger partial charge >= 0.3 is 0 Å². The third-order valence-corrected chi connectivity index (χ3v) is 3.30. The van der Waals surface area contributed by atoms with Crippen molar-refractivity contribution in [3.8, 4) is 0 Å². The van der Waals surface area contributed by atoms with E-state index in [1.807, 2.05) is 0 Å². The summed E-state index contributed by atoms with van der Waals surface area (Å²) in [5, 5.41) is 5.56. The molecule has 2 rings (SSSR count). The Balaban J connectivity index is 2.09. The molecule has 7 heteroatoms. The number of amides is 2. The zero-order chi connectivity index (χ0) is 14.7. The Bertz CT molecular complexity index is 535. The van der Waals surface area contributed by atoms with Crippen LogP contribution in [0.1, 0.15) is 23.2 Å². The predicted molar refractivity (Wildman–Crippen MR) is 71.9 cm³/mol. The number of halogens is 1. The lowest BCUT2D eigenvalue weighted by Crippen LogP contribution is -2.48. The summed E-state index contributed by atoms with van der Waals surface area (Å²) in [5.41, 5.74) is 0.159. The Hall–Kier alpha value is -2.18. The molecule has 1 unspecified atom stereocenters. The highest BCUT2D eigenvalue weighted by molar-refractivity contribution is 5.99. The number of aromatic nitrogens is 1. The lowest BCUT2D eigenvalue weighted by Gasteiger charge is -2.30. The summed E-state index contributed by atoms with van der Waals surface area (Å²) < 4.78 is 13.2. The van der Waals surface area contributed by atoms with Crippen molar-refractivity contribution in [3.05, 3.63) is 23.6 Å². The molecule has 0 aliphatic carbocycles. The number of likely N-dealkylation sites (N-methyl/N-ethyl adjacent to an activating group) is 1. The van der Waals surface area contributed by atoms with E-state index in [-0.39, 0.29) is 17.5 Å². The molecular formula is C13H17FN4O2. The van der Waals surface area contributed by atoms with E-state index < -0.39 is 11.7 Å². The summed E-state index contributed by atoms with van der Waals surface area (Å²) >= 11 is 0. The molecule has 2 amide bonds. The smallest absolute Gasteiger partial charge is 0.255 e. The second-order valence-electron chi connectivity index (χ2n) is 4.78. The van der Waals surface area contributed by atoms with Gasteiger partial charge in [0.15, 0.2) is 0 Å². The average Bonchev–Trinajstić information content (AvgIpc) is 2.43. The molecule has 0 aromatic carbocycles. The standard InChI is InChI=1S/C13H17FN4O2/c1-15-12-10(5-8(14)6-16-12)13(20)17-9-3-4-11(19)18(2)7-9/h5-6,9H,3-4,7H2,1-2H3,(H,15,16)(H,17,20). The number of likely N-dealkylation sites (tertiary alicyclic amines) is 1. The van der Waals surface area contributed by atoms with Gasteiger partial charge in [-0.1, -0.05) is 0 Å². The lowest BCUT2D eigenvalue weighted by atomic mass is 10.1. The van der Waals surface area contributed by atoms with Crippen LogP contribution in [0.15, 0.2) is 12.3 Å². The Kier molecular flexibility index (Phi) is 4.16. The fourth-order valence-corrected chi connectivity index (χ4v) is 2.20. The molecule has 6 nitrogen and oxygen atoms in total. The van der Waals surface area contributed by atoms with Gasteiger partial charge in [-0.25, -0.2) is 9.37 Å². The van der Waals surface area contributed by atoms with Crippen molar-refractivity contribution in [2.45, 2.75) is 18.9 Å². The van der Waals surface area contributed by atoms with Crippen LogP contribution in [0.3, 0.4) is 0 Å². The van der Waals surface area contributed by atoms with Crippen LogP contribution in [0.5, 0.6) is 0 Å². The molecule has 1 aliphatic heterocycles. The van der Waals surface area contributed by atoms with Gasteiger partial charge in [-0.3, -0.25) is 9.59 Å². The number of rotatable bonds is 3. The molecule has 0 saturated carbocycles. The van der Waals surface area contributed by atoms with E-state index in [0.717, 1.165) is 12.3 Å². The molecule has 0 spiro atoms. The first kappa shape index (κ1) is 14.2. The van der Waals surface area contributed by atoms with Gasteiger partial charge in [-0.15, -0.1) is 0 Å². The Morgan fingerprint density at radius 3 is 2.95 bits per heavy atom. The number of pyridine rings is 1. The van der Waals surface area contributed by atoms with E-state index in [2.05, 4.69) is 15.6 Å². The topological polar surface area (TPSA) is 74.3 Å². The van der Waals surface area contributed by atoms with E-state index in [1.165, 1.54) is 0 Å². The van der Waals surface area contributed by atoms with Crippen molar-refractivity contribution >= 4 is 17.6 Å². The summed E-state index contributed by atoms with van der Waals surface area (Å²) in [7, 11) is 3.31. The van der Waals surface area contributed by atoms with Crippen LogP contribution in [-0.4, -0.2) is 48.4 Å². The van der Waals surface area contributed by atoms with Crippen LogP contribution >= 0.6 is 0 Å². The number of hydrogen-bond donors (Lipinski definition) is 2. The van der Waals surface area contributed by atoms with E-state index in [9.17, 15) is 14.0 Å². The second kappa shape index (κ2) is 5.85. The second-order valence-corrected chi connectivity index (χ2v) is 4.78. The quantitative estimate of drug-likeness (QED) is 0.851. The SMILES string of the molecule is CNc1ncc(F)cc1C(=O)NC1CCC(=O)N(C)C1. The first-order chi connectivity index (χ1) is 9.51. The number of hydrogen-bond acceptors (Lipinski definition) is 4. The maximum atomic E-state index is 13.2. The largest absolute Gasteiger partial charge is 0.372 e. The third kappa shape index (κ3) is 3.04. The van der Waals surface area contributed by atoms with Crippen LogP contribution in [0.4, 0.5) is 10.2 Å². The normalized spacial score (nSPS) is 18.9. The average molecular weight is 280 g/mol. The van der Waals surface area contributed by atoms with Crippen molar-refractivity contribution in [3.63, 3.8) is 0 Å². The first-order valence-electron chi connectivity index (χ1n) is 6.39. The first-order valence-corrected chi connectivity index (χ1v) is 6.39. The Labute approximate surface area is 116 Å². The number of carbonyl (C=O) groups is 2.